The molecule has 1 aliphatic heterocycles. The lowest BCUT2D eigenvalue weighted by Gasteiger charge is -2.43. The number of methoxy groups -OCH3 is 1. The summed E-state index contributed by atoms with van der Waals surface area (Å²) in [5.41, 5.74) is 1.93. The fourth-order valence-corrected chi connectivity index (χ4v) is 5.19. The topological polar surface area (TPSA) is 80.0 Å². The molecule has 6 heteroatoms. The first-order valence-corrected chi connectivity index (χ1v) is 11.7. The number of nitrogens with zero attached hydrogens (tertiary/aromatic N) is 2. The molecule has 0 unspecified atom stereocenters. The molecule has 6 nitrogen and oxygen atoms in total. The number of amidine groups is 1. The van der Waals surface area contributed by atoms with E-state index in [1.54, 1.807) is 7.11 Å². The van der Waals surface area contributed by atoms with Crippen molar-refractivity contribution in [1.29, 1.82) is 5.41 Å². The number of phenolic OH excluding ortho intramolecular Hbond substituents is 2. The summed E-state index contributed by atoms with van der Waals surface area (Å²) >= 11 is 0. The monoisotopic (exact) mass is 429 g/mol. The smallest absolute Gasteiger partial charge is 0.128 e. The molecule has 0 bridgehead atoms. The Bertz CT molecular complexity index is 778. The van der Waals surface area contributed by atoms with Gasteiger partial charge < -0.3 is 24.7 Å². The predicted molar refractivity (Wildman–Crippen MR) is 126 cm³/mol. The molecule has 0 spiro atoms. The number of rotatable bonds is 7. The third kappa shape index (κ3) is 5.42. The number of likely N-dealkylation sites (tertiary alicyclic amines) is 1. The van der Waals surface area contributed by atoms with Crippen molar-refractivity contribution in [2.24, 2.45) is 0 Å². The molecule has 1 saturated carbocycles. The van der Waals surface area contributed by atoms with Crippen LogP contribution in [-0.4, -0.2) is 64.7 Å². The van der Waals surface area contributed by atoms with Gasteiger partial charge in [-0.3, -0.25) is 5.41 Å². The number of phenols is 2. The van der Waals surface area contributed by atoms with Crippen LogP contribution in [0.25, 0.3) is 5.70 Å². The lowest BCUT2D eigenvalue weighted by atomic mass is 9.87. The second kappa shape index (κ2) is 10.5. The van der Waals surface area contributed by atoms with E-state index in [2.05, 4.69) is 11.5 Å². The van der Waals surface area contributed by atoms with Gasteiger partial charge in [0.25, 0.3) is 0 Å². The molecule has 3 rings (SSSR count). The van der Waals surface area contributed by atoms with Crippen molar-refractivity contribution in [1.82, 2.24) is 9.80 Å². The van der Waals surface area contributed by atoms with Crippen LogP contribution in [-0.2, 0) is 4.74 Å². The van der Waals surface area contributed by atoms with Gasteiger partial charge in [0.1, 0.15) is 23.9 Å². The fraction of sp³-hybridized carbons (Fsp3) is 0.640. The molecule has 31 heavy (non-hydrogen) atoms. The van der Waals surface area contributed by atoms with Crippen molar-refractivity contribution >= 4 is 11.5 Å². The van der Waals surface area contributed by atoms with Crippen LogP contribution < -0.4 is 0 Å². The summed E-state index contributed by atoms with van der Waals surface area (Å²) in [6.07, 6.45) is 8.17. The fourth-order valence-electron chi connectivity index (χ4n) is 5.19. The Hall–Kier alpha value is -2.05. The van der Waals surface area contributed by atoms with Crippen molar-refractivity contribution in [2.75, 3.05) is 26.8 Å². The van der Waals surface area contributed by atoms with E-state index in [9.17, 15) is 10.2 Å². The first-order chi connectivity index (χ1) is 14.8. The highest BCUT2D eigenvalue weighted by Crippen LogP contribution is 2.38. The molecule has 0 radical (unpaired) electrons. The molecule has 0 atom stereocenters. The number of hydrogen-bond donors (Lipinski definition) is 3. The summed E-state index contributed by atoms with van der Waals surface area (Å²) in [6, 6.07) is 4.00. The lowest BCUT2D eigenvalue weighted by Crippen LogP contribution is -2.47. The third-order valence-electron chi connectivity index (χ3n) is 6.88. The second-order valence-electron chi connectivity index (χ2n) is 9.34. The van der Waals surface area contributed by atoms with E-state index in [1.807, 2.05) is 24.8 Å². The van der Waals surface area contributed by atoms with Crippen LogP contribution in [0.5, 0.6) is 11.5 Å². The van der Waals surface area contributed by atoms with Gasteiger partial charge in [-0.1, -0.05) is 26.8 Å². The molecule has 172 valence electrons. The van der Waals surface area contributed by atoms with Crippen molar-refractivity contribution < 1.29 is 14.9 Å². The Morgan fingerprint density at radius 3 is 2.35 bits per heavy atom. The van der Waals surface area contributed by atoms with Crippen LogP contribution in [0.3, 0.4) is 0 Å². The number of benzene rings is 1. The molecule has 0 aromatic heterocycles. The van der Waals surface area contributed by atoms with Gasteiger partial charge >= 0.3 is 0 Å². The third-order valence-corrected chi connectivity index (χ3v) is 6.88. The number of piperidine rings is 1. The molecule has 1 aromatic carbocycles. The zero-order valence-electron chi connectivity index (χ0n) is 19.4. The van der Waals surface area contributed by atoms with Crippen molar-refractivity contribution in [3.8, 4) is 11.5 Å². The van der Waals surface area contributed by atoms with E-state index in [-0.39, 0.29) is 30.1 Å². The molecular formula is C25H39N3O3. The summed E-state index contributed by atoms with van der Waals surface area (Å²) in [7, 11) is 1.59. The molecular weight excluding hydrogens is 390 g/mol. The zero-order valence-corrected chi connectivity index (χ0v) is 19.4. The molecule has 1 heterocycles. The van der Waals surface area contributed by atoms with Gasteiger partial charge in [0.15, 0.2) is 0 Å². The van der Waals surface area contributed by atoms with Crippen LogP contribution in [0.1, 0.15) is 75.8 Å². The summed E-state index contributed by atoms with van der Waals surface area (Å²) in [5, 5.41) is 29.5. The Balaban J connectivity index is 1.81. The Morgan fingerprint density at radius 1 is 1.13 bits per heavy atom. The zero-order chi connectivity index (χ0) is 22.5. The molecule has 2 aliphatic rings. The molecule has 0 amide bonds. The Kier molecular flexibility index (Phi) is 8.00. The van der Waals surface area contributed by atoms with Crippen LogP contribution in [0.4, 0.5) is 0 Å². The number of aromatic hydroxyl groups is 2. The maximum Gasteiger partial charge on any atom is 0.128 e. The number of ether oxygens (including phenoxy) is 1. The second-order valence-corrected chi connectivity index (χ2v) is 9.34. The SMILES string of the molecule is C=C(c1cc(C(C)C)c(O)cc1O)N(C(=N)COC)C1CCC(N2CCCCC2)CC1. The van der Waals surface area contributed by atoms with Gasteiger partial charge in [-0.05, 0) is 69.2 Å². The van der Waals surface area contributed by atoms with Gasteiger partial charge in [0.05, 0.1) is 0 Å². The van der Waals surface area contributed by atoms with Crippen molar-refractivity contribution in [2.45, 2.75) is 76.8 Å². The quantitative estimate of drug-likeness (QED) is 0.424. The van der Waals surface area contributed by atoms with E-state index in [4.69, 9.17) is 10.1 Å². The first kappa shape index (κ1) is 23.6. The van der Waals surface area contributed by atoms with Crippen LogP contribution in [0, 0.1) is 5.41 Å². The van der Waals surface area contributed by atoms with Crippen LogP contribution >= 0.6 is 0 Å². The van der Waals surface area contributed by atoms with Gasteiger partial charge in [0, 0.05) is 36.5 Å². The van der Waals surface area contributed by atoms with E-state index < -0.39 is 0 Å². The van der Waals surface area contributed by atoms with Crippen LogP contribution in [0.15, 0.2) is 18.7 Å². The standard InChI is InChI=1S/C25H39N3O3/c1-17(2)21-14-22(24(30)15-23(21)29)18(3)28(25(26)16-31-4)20-10-8-19(9-11-20)27-12-6-5-7-13-27/h14-15,17,19-20,26,29-30H,3,5-13,16H2,1-2,4H3. The maximum absolute atomic E-state index is 10.6. The summed E-state index contributed by atoms with van der Waals surface area (Å²) in [5.74, 6) is 0.542. The molecule has 3 N–H and O–H groups in total. The molecule has 1 aliphatic carbocycles. The molecule has 1 aromatic rings. The van der Waals surface area contributed by atoms with E-state index in [1.165, 1.54) is 38.4 Å². The summed E-state index contributed by atoms with van der Waals surface area (Å²) in [6.45, 7) is 10.9. The largest absolute Gasteiger partial charge is 0.508 e. The Labute approximate surface area is 187 Å². The minimum absolute atomic E-state index is 0.0101. The highest BCUT2D eigenvalue weighted by molar-refractivity contribution is 5.90. The average molecular weight is 430 g/mol. The van der Waals surface area contributed by atoms with Crippen molar-refractivity contribution in [3.63, 3.8) is 0 Å². The molecule has 2 fully saturated rings. The van der Waals surface area contributed by atoms with Crippen molar-refractivity contribution in [3.05, 3.63) is 29.8 Å². The summed E-state index contributed by atoms with van der Waals surface area (Å²) < 4.78 is 5.27. The minimum atomic E-state index is -0.0101. The molecule has 1 saturated heterocycles. The van der Waals surface area contributed by atoms with E-state index in [0.29, 0.717) is 23.1 Å². The maximum atomic E-state index is 10.6. The highest BCUT2D eigenvalue weighted by atomic mass is 16.5. The predicted octanol–water partition coefficient (Wildman–Crippen LogP) is 4.91. The van der Waals surface area contributed by atoms with Crippen LogP contribution in [0.2, 0.25) is 0 Å². The van der Waals surface area contributed by atoms with E-state index >= 15 is 0 Å². The summed E-state index contributed by atoms with van der Waals surface area (Å²) in [4.78, 5) is 4.60. The number of nitrogens with one attached hydrogen (secondary N) is 1. The normalized spacial score (nSPS) is 22.5. The Morgan fingerprint density at radius 2 is 1.77 bits per heavy atom. The van der Waals surface area contributed by atoms with Gasteiger partial charge in [-0.15, -0.1) is 0 Å². The minimum Gasteiger partial charge on any atom is -0.508 e. The first-order valence-electron chi connectivity index (χ1n) is 11.7. The number of hydrogen-bond acceptors (Lipinski definition) is 5. The highest BCUT2D eigenvalue weighted by Gasteiger charge is 2.32. The lowest BCUT2D eigenvalue weighted by molar-refractivity contribution is 0.112. The van der Waals surface area contributed by atoms with Gasteiger partial charge in [0.2, 0.25) is 0 Å². The average Bonchev–Trinajstić information content (AvgIpc) is 2.75. The van der Waals surface area contributed by atoms with Gasteiger partial charge in [-0.25, -0.2) is 0 Å². The van der Waals surface area contributed by atoms with E-state index in [0.717, 1.165) is 31.2 Å². The van der Waals surface area contributed by atoms with Gasteiger partial charge in [-0.2, -0.15) is 0 Å².